The minimum atomic E-state index is 0.0972. The minimum Gasteiger partial charge on any atom is -0.481 e. The summed E-state index contributed by atoms with van der Waals surface area (Å²) in [5.41, 5.74) is 7.06. The van der Waals surface area contributed by atoms with E-state index in [4.69, 9.17) is 37.3 Å². The van der Waals surface area contributed by atoms with Crippen LogP contribution in [0.15, 0.2) is 71.1 Å². The van der Waals surface area contributed by atoms with E-state index in [-0.39, 0.29) is 23.9 Å². The molecule has 0 radical (unpaired) electrons. The molecular formula is C37H36Cl2N6O4. The number of nitrogens with one attached hydrogen (secondary N) is 4. The molecule has 2 aliphatic rings. The second kappa shape index (κ2) is 14.6. The summed E-state index contributed by atoms with van der Waals surface area (Å²) in [6.07, 6.45) is 2.81. The maximum absolute atomic E-state index is 11.5. The highest BCUT2D eigenvalue weighted by molar-refractivity contribution is 6.39. The zero-order valence-electron chi connectivity index (χ0n) is 26.9. The van der Waals surface area contributed by atoms with Crippen LogP contribution in [-0.2, 0) is 22.7 Å². The molecule has 0 aliphatic carbocycles. The molecule has 49 heavy (non-hydrogen) atoms. The van der Waals surface area contributed by atoms with Crippen molar-refractivity contribution in [3.05, 3.63) is 88.2 Å². The molecule has 2 saturated heterocycles. The number of aromatic nitrogens is 2. The normalized spacial score (nSPS) is 17.4. The van der Waals surface area contributed by atoms with Crippen molar-refractivity contribution in [3.8, 4) is 39.4 Å². The predicted molar refractivity (Wildman–Crippen MR) is 190 cm³/mol. The maximum atomic E-state index is 11.5. The molecule has 0 saturated carbocycles. The van der Waals surface area contributed by atoms with Gasteiger partial charge in [-0.05, 0) is 36.6 Å². The number of rotatable bonds is 12. The van der Waals surface area contributed by atoms with E-state index in [2.05, 4.69) is 26.3 Å². The second-order valence-corrected chi connectivity index (χ2v) is 13.1. The molecule has 12 heteroatoms. The van der Waals surface area contributed by atoms with E-state index in [1.807, 2.05) is 66.7 Å². The lowest BCUT2D eigenvalue weighted by Gasteiger charge is -2.15. The third-order valence-electron chi connectivity index (χ3n) is 8.98. The van der Waals surface area contributed by atoms with Gasteiger partial charge in [-0.2, -0.15) is 0 Å². The average molecular weight is 700 g/mol. The van der Waals surface area contributed by atoms with Crippen LogP contribution in [0.4, 0.5) is 0 Å². The number of methoxy groups -OCH3 is 1. The predicted octanol–water partition coefficient (Wildman–Crippen LogP) is 6.28. The molecule has 5 aromatic rings. The zero-order chi connectivity index (χ0) is 33.9. The van der Waals surface area contributed by atoms with Crippen LogP contribution < -0.4 is 26.0 Å². The monoisotopic (exact) mass is 698 g/mol. The number of hydrogen-bond donors (Lipinski definition) is 4. The first-order valence-electron chi connectivity index (χ1n) is 16.4. The Morgan fingerprint density at radius 1 is 0.796 bits per heavy atom. The first-order chi connectivity index (χ1) is 23.9. The van der Waals surface area contributed by atoms with Crippen molar-refractivity contribution in [1.29, 1.82) is 0 Å². The van der Waals surface area contributed by atoms with Gasteiger partial charge in [-0.25, -0.2) is 9.97 Å². The van der Waals surface area contributed by atoms with Gasteiger partial charge in [0.25, 0.3) is 0 Å². The van der Waals surface area contributed by atoms with Gasteiger partial charge in [-0.1, -0.05) is 71.7 Å². The average Bonchev–Trinajstić information content (AvgIpc) is 3.84. The molecule has 0 unspecified atom stereocenters. The smallest absolute Gasteiger partial charge is 0.220 e. The van der Waals surface area contributed by atoms with Gasteiger partial charge in [-0.15, -0.1) is 0 Å². The number of amides is 2. The molecule has 2 aliphatic heterocycles. The van der Waals surface area contributed by atoms with Crippen LogP contribution in [0.5, 0.6) is 5.88 Å². The van der Waals surface area contributed by atoms with Crippen LogP contribution in [0.2, 0.25) is 10.0 Å². The van der Waals surface area contributed by atoms with Crippen LogP contribution in [-0.4, -0.2) is 54.1 Å². The van der Waals surface area contributed by atoms with Gasteiger partial charge >= 0.3 is 0 Å². The van der Waals surface area contributed by atoms with Gasteiger partial charge in [0.15, 0.2) is 5.58 Å². The molecule has 0 spiro atoms. The number of carbonyl (C=O) groups excluding carboxylic acids is 2. The van der Waals surface area contributed by atoms with Crippen LogP contribution >= 0.6 is 23.2 Å². The Morgan fingerprint density at radius 3 is 2.08 bits per heavy atom. The zero-order valence-corrected chi connectivity index (χ0v) is 28.5. The summed E-state index contributed by atoms with van der Waals surface area (Å²) in [5.74, 6) is 1.28. The van der Waals surface area contributed by atoms with Gasteiger partial charge in [0, 0.05) is 72.4 Å². The number of ether oxygens (including phenoxy) is 1. The molecule has 3 aromatic carbocycles. The van der Waals surface area contributed by atoms with Crippen molar-refractivity contribution in [2.45, 2.75) is 50.9 Å². The fourth-order valence-electron chi connectivity index (χ4n) is 6.44. The minimum absolute atomic E-state index is 0.0972. The highest BCUT2D eigenvalue weighted by atomic mass is 35.5. The Hall–Kier alpha value is -4.48. The number of halogens is 2. The summed E-state index contributed by atoms with van der Waals surface area (Å²) in [5, 5.41) is 13.7. The van der Waals surface area contributed by atoms with E-state index < -0.39 is 0 Å². The number of hydrogen-bond acceptors (Lipinski definition) is 8. The van der Waals surface area contributed by atoms with Crippen LogP contribution in [0.1, 0.15) is 37.1 Å². The van der Waals surface area contributed by atoms with E-state index in [1.165, 1.54) is 0 Å². The molecular weight excluding hydrogens is 663 g/mol. The number of nitrogens with zero attached hydrogens (tertiary/aromatic N) is 2. The lowest BCUT2D eigenvalue weighted by Crippen LogP contribution is -2.35. The number of pyridine rings is 1. The van der Waals surface area contributed by atoms with E-state index in [0.29, 0.717) is 72.1 Å². The largest absolute Gasteiger partial charge is 0.481 e. The Labute approximate surface area is 293 Å². The molecule has 4 N–H and O–H groups in total. The number of oxazole rings is 1. The number of carbonyl (C=O) groups is 2. The van der Waals surface area contributed by atoms with Gasteiger partial charge in [0.05, 0.1) is 29.4 Å². The Morgan fingerprint density at radius 2 is 1.43 bits per heavy atom. The lowest BCUT2D eigenvalue weighted by atomic mass is 9.96. The first kappa shape index (κ1) is 33.0. The molecule has 2 atom stereocenters. The topological polar surface area (TPSA) is 130 Å². The molecule has 4 heterocycles. The van der Waals surface area contributed by atoms with E-state index in [0.717, 1.165) is 51.7 Å². The number of benzene rings is 3. The third kappa shape index (κ3) is 7.28. The molecule has 252 valence electrons. The highest BCUT2D eigenvalue weighted by Gasteiger charge is 2.22. The first-order valence-corrected chi connectivity index (χ1v) is 17.1. The molecule has 2 fully saturated rings. The van der Waals surface area contributed by atoms with Crippen molar-refractivity contribution in [1.82, 2.24) is 31.2 Å². The SMILES string of the molecule is COc1nc(-c2cccc(-c3cccc(-c4ccc5nc(CNC[C@H]6CCC(=O)N6)oc5c4)c3Cl)c2Cl)ccc1CNC[C@H]1CCC(=O)N1. The standard InChI is InChI=1S/C37H36Cl2N6O4/c1-48-37-22(17-40-18-23-10-14-32(46)42-23)9-12-29(45-37)28-7-3-6-27(36(28)39)26-5-2-4-25(35(26)38)21-8-13-30-31(16-21)49-34(44-30)20-41-19-24-11-15-33(47)43-24/h2-9,12-13,16,23-24,40-41H,10-11,14-15,17-20H2,1H3,(H,42,46)(H,43,47)/t23-,24-/m1/s1. The molecule has 10 nitrogen and oxygen atoms in total. The van der Waals surface area contributed by atoms with Crippen molar-refractivity contribution in [3.63, 3.8) is 0 Å². The van der Waals surface area contributed by atoms with Gasteiger partial charge in [0.1, 0.15) is 5.52 Å². The molecule has 2 amide bonds. The quantitative estimate of drug-likeness (QED) is 0.120. The highest BCUT2D eigenvalue weighted by Crippen LogP contribution is 2.42. The van der Waals surface area contributed by atoms with E-state index in [9.17, 15) is 9.59 Å². The van der Waals surface area contributed by atoms with E-state index >= 15 is 0 Å². The van der Waals surface area contributed by atoms with Crippen LogP contribution in [0.25, 0.3) is 44.6 Å². The van der Waals surface area contributed by atoms with Crippen molar-refractivity contribution in [2.75, 3.05) is 20.2 Å². The van der Waals surface area contributed by atoms with Crippen LogP contribution in [0, 0.1) is 0 Å². The van der Waals surface area contributed by atoms with Crippen LogP contribution in [0.3, 0.4) is 0 Å². The Kier molecular flexibility index (Phi) is 9.81. The van der Waals surface area contributed by atoms with Crippen molar-refractivity contribution in [2.24, 2.45) is 0 Å². The summed E-state index contributed by atoms with van der Waals surface area (Å²) >= 11 is 14.2. The van der Waals surface area contributed by atoms with E-state index in [1.54, 1.807) is 7.11 Å². The summed E-state index contributed by atoms with van der Waals surface area (Å²) in [7, 11) is 1.60. The summed E-state index contributed by atoms with van der Waals surface area (Å²) in [6.45, 7) is 2.36. The van der Waals surface area contributed by atoms with Crippen molar-refractivity contribution >= 4 is 46.1 Å². The number of fused-ring (bicyclic) bond motifs is 1. The molecule has 2 aromatic heterocycles. The van der Waals surface area contributed by atoms with Crippen molar-refractivity contribution < 1.29 is 18.7 Å². The lowest BCUT2D eigenvalue weighted by molar-refractivity contribution is -0.120. The third-order valence-corrected chi connectivity index (χ3v) is 9.80. The maximum Gasteiger partial charge on any atom is 0.220 e. The van der Waals surface area contributed by atoms with Gasteiger partial charge in [0.2, 0.25) is 23.6 Å². The summed E-state index contributed by atoms with van der Waals surface area (Å²) in [6, 6.07) is 21.8. The van der Waals surface area contributed by atoms with Gasteiger partial charge < -0.3 is 30.4 Å². The van der Waals surface area contributed by atoms with Gasteiger partial charge in [-0.3, -0.25) is 9.59 Å². The summed E-state index contributed by atoms with van der Waals surface area (Å²) in [4.78, 5) is 32.4. The molecule has 0 bridgehead atoms. The Balaban J connectivity index is 1.09. The second-order valence-electron chi connectivity index (χ2n) is 12.4. The molecule has 7 rings (SSSR count). The fourth-order valence-corrected chi connectivity index (χ4v) is 7.10. The Bertz CT molecular complexity index is 2030. The summed E-state index contributed by atoms with van der Waals surface area (Å²) < 4.78 is 11.7. The fraction of sp³-hybridized carbons (Fsp3) is 0.297.